The predicted molar refractivity (Wildman–Crippen MR) is 81.1 cm³/mol. The smallest absolute Gasteiger partial charge is 0.206 e. The molecule has 1 atom stereocenters. The van der Waals surface area contributed by atoms with Gasteiger partial charge in [-0.25, -0.2) is 4.98 Å². The Labute approximate surface area is 126 Å². The summed E-state index contributed by atoms with van der Waals surface area (Å²) in [6.07, 6.45) is 8.03. The van der Waals surface area contributed by atoms with Crippen molar-refractivity contribution in [1.29, 1.82) is 0 Å². The highest BCUT2D eigenvalue weighted by Gasteiger charge is 2.17. The van der Waals surface area contributed by atoms with E-state index >= 15 is 0 Å². The number of nitrogens with zero attached hydrogens (tertiary/aromatic N) is 4. The Morgan fingerprint density at radius 3 is 2.95 bits per heavy atom. The Morgan fingerprint density at radius 1 is 1.35 bits per heavy atom. The molecule has 1 aliphatic carbocycles. The number of aromatic amines is 1. The first-order chi connectivity index (χ1) is 9.81. The summed E-state index contributed by atoms with van der Waals surface area (Å²) in [4.78, 5) is 4.17. The summed E-state index contributed by atoms with van der Waals surface area (Å²) in [5, 5.41) is 19.9. The number of aromatic nitrogens is 5. The summed E-state index contributed by atoms with van der Waals surface area (Å²) >= 11 is 3.27. The Balaban J connectivity index is 1.56. The zero-order valence-corrected chi connectivity index (χ0v) is 13.0. The maximum Gasteiger partial charge on any atom is 0.206 e. The van der Waals surface area contributed by atoms with Gasteiger partial charge in [-0.3, -0.25) is 5.10 Å². The van der Waals surface area contributed by atoms with Gasteiger partial charge in [-0.15, -0.1) is 10.2 Å². The molecule has 0 bridgehead atoms. The second-order valence-corrected chi connectivity index (χ2v) is 7.55. The third-order valence-electron chi connectivity index (χ3n) is 3.44. The summed E-state index contributed by atoms with van der Waals surface area (Å²) in [6, 6.07) is 0.571. The van der Waals surface area contributed by atoms with Crippen molar-refractivity contribution >= 4 is 28.2 Å². The van der Waals surface area contributed by atoms with E-state index in [2.05, 4.69) is 37.6 Å². The van der Waals surface area contributed by atoms with Gasteiger partial charge in [-0.2, -0.15) is 5.10 Å². The topological polar surface area (TPSA) is 79.4 Å². The molecule has 0 amide bonds. The molecule has 2 N–H and O–H groups in total. The van der Waals surface area contributed by atoms with E-state index in [0.29, 0.717) is 6.04 Å². The number of H-pyrrole nitrogens is 1. The quantitative estimate of drug-likeness (QED) is 0.825. The van der Waals surface area contributed by atoms with Gasteiger partial charge in [0.05, 0.1) is 5.25 Å². The van der Waals surface area contributed by atoms with Crippen LogP contribution in [-0.4, -0.2) is 31.4 Å². The molecule has 0 radical (unpaired) electrons. The molecule has 20 heavy (non-hydrogen) atoms. The van der Waals surface area contributed by atoms with Crippen LogP contribution < -0.4 is 5.32 Å². The number of nitrogens with one attached hydrogen (secondary N) is 2. The van der Waals surface area contributed by atoms with Crippen LogP contribution in [0.1, 0.15) is 50.1 Å². The molecule has 1 saturated carbocycles. The van der Waals surface area contributed by atoms with Crippen LogP contribution >= 0.6 is 23.1 Å². The van der Waals surface area contributed by atoms with Crippen molar-refractivity contribution in [3.05, 3.63) is 12.2 Å². The third kappa shape index (κ3) is 3.49. The highest BCUT2D eigenvalue weighted by Crippen LogP contribution is 2.36. The lowest BCUT2D eigenvalue weighted by molar-refractivity contribution is 0.462. The summed E-state index contributed by atoms with van der Waals surface area (Å²) < 4.78 is 0.965. The highest BCUT2D eigenvalue weighted by molar-refractivity contribution is 8.01. The molecular weight excluding hydrogens is 292 g/mol. The lowest BCUT2D eigenvalue weighted by Crippen LogP contribution is -2.21. The van der Waals surface area contributed by atoms with E-state index in [9.17, 15) is 0 Å². The van der Waals surface area contributed by atoms with Crippen molar-refractivity contribution in [3.63, 3.8) is 0 Å². The van der Waals surface area contributed by atoms with Gasteiger partial charge < -0.3 is 5.32 Å². The first-order valence-corrected chi connectivity index (χ1v) is 8.63. The van der Waals surface area contributed by atoms with Crippen LogP contribution in [0.4, 0.5) is 5.13 Å². The second kappa shape index (κ2) is 6.53. The number of hydrogen-bond donors (Lipinski definition) is 2. The number of rotatable bonds is 5. The molecule has 0 saturated heterocycles. The molecule has 1 aliphatic rings. The van der Waals surface area contributed by atoms with Crippen molar-refractivity contribution in [1.82, 2.24) is 25.4 Å². The van der Waals surface area contributed by atoms with Crippen LogP contribution in [-0.2, 0) is 0 Å². The van der Waals surface area contributed by atoms with Crippen LogP contribution in [0.2, 0.25) is 0 Å². The van der Waals surface area contributed by atoms with Crippen molar-refractivity contribution in [2.75, 3.05) is 5.32 Å². The van der Waals surface area contributed by atoms with Crippen molar-refractivity contribution in [2.45, 2.75) is 54.7 Å². The van der Waals surface area contributed by atoms with E-state index in [-0.39, 0.29) is 5.25 Å². The van der Waals surface area contributed by atoms with Gasteiger partial charge in [-0.1, -0.05) is 42.4 Å². The molecule has 108 valence electrons. The standard InChI is InChI=1S/C12H18N6S2/c1-8(10-13-7-14-16-10)19-12-18-17-11(20-12)15-9-5-3-2-4-6-9/h7-9H,2-6H2,1H3,(H,15,17)(H,13,14,16). The maximum atomic E-state index is 4.24. The van der Waals surface area contributed by atoms with Gasteiger partial charge in [0, 0.05) is 6.04 Å². The molecule has 0 aromatic carbocycles. The molecule has 3 rings (SSSR count). The van der Waals surface area contributed by atoms with Crippen molar-refractivity contribution in [2.24, 2.45) is 0 Å². The van der Waals surface area contributed by atoms with E-state index < -0.39 is 0 Å². The van der Waals surface area contributed by atoms with E-state index in [1.807, 2.05) is 0 Å². The summed E-state index contributed by atoms with van der Waals surface area (Å²) in [5.74, 6) is 0.868. The SMILES string of the molecule is CC(Sc1nnc(NC2CCCCC2)s1)c1ncn[nH]1. The molecular formula is C12H18N6S2. The van der Waals surface area contributed by atoms with Gasteiger partial charge in [-0.05, 0) is 19.8 Å². The molecule has 2 heterocycles. The van der Waals surface area contributed by atoms with Crippen LogP contribution in [0, 0.1) is 0 Å². The van der Waals surface area contributed by atoms with Crippen molar-refractivity contribution in [3.8, 4) is 0 Å². The normalized spacial score (nSPS) is 18.1. The number of thioether (sulfide) groups is 1. The Hall–Kier alpha value is -1.15. The zero-order chi connectivity index (χ0) is 13.8. The van der Waals surface area contributed by atoms with Gasteiger partial charge in [0.2, 0.25) is 5.13 Å². The van der Waals surface area contributed by atoms with Gasteiger partial charge in [0.1, 0.15) is 12.2 Å². The molecule has 2 aromatic rings. The molecule has 8 heteroatoms. The molecule has 2 aromatic heterocycles. The minimum atomic E-state index is 0.202. The van der Waals surface area contributed by atoms with Crippen LogP contribution in [0.5, 0.6) is 0 Å². The molecule has 6 nitrogen and oxygen atoms in total. The van der Waals surface area contributed by atoms with Crippen LogP contribution in [0.25, 0.3) is 0 Å². The Kier molecular flexibility index (Phi) is 4.51. The van der Waals surface area contributed by atoms with Gasteiger partial charge >= 0.3 is 0 Å². The average molecular weight is 310 g/mol. The first kappa shape index (κ1) is 13.8. The highest BCUT2D eigenvalue weighted by atomic mass is 32.2. The minimum absolute atomic E-state index is 0.202. The summed E-state index contributed by atoms with van der Waals surface area (Å²) in [5.41, 5.74) is 0. The fraction of sp³-hybridized carbons (Fsp3) is 0.667. The fourth-order valence-electron chi connectivity index (χ4n) is 2.36. The predicted octanol–water partition coefficient (Wildman–Crippen LogP) is 3.25. The molecule has 0 spiro atoms. The largest absolute Gasteiger partial charge is 0.357 e. The van der Waals surface area contributed by atoms with Crippen LogP contribution in [0.3, 0.4) is 0 Å². The van der Waals surface area contributed by atoms with Gasteiger partial charge in [0.15, 0.2) is 4.34 Å². The first-order valence-electron chi connectivity index (χ1n) is 6.93. The number of anilines is 1. The lowest BCUT2D eigenvalue weighted by atomic mass is 9.96. The third-order valence-corrected chi connectivity index (χ3v) is 5.48. The van der Waals surface area contributed by atoms with E-state index in [1.54, 1.807) is 23.1 Å². The second-order valence-electron chi connectivity index (χ2n) is 4.98. The zero-order valence-electron chi connectivity index (χ0n) is 11.4. The summed E-state index contributed by atoms with van der Waals surface area (Å²) in [7, 11) is 0. The van der Waals surface area contributed by atoms with Gasteiger partial charge in [0.25, 0.3) is 0 Å². The van der Waals surface area contributed by atoms with E-state index in [0.717, 1.165) is 15.3 Å². The Morgan fingerprint density at radius 2 is 2.20 bits per heavy atom. The molecule has 1 fully saturated rings. The Bertz CT molecular complexity index is 520. The molecule has 0 aliphatic heterocycles. The fourth-order valence-corrected chi connectivity index (χ4v) is 4.39. The van der Waals surface area contributed by atoms with Crippen LogP contribution in [0.15, 0.2) is 10.7 Å². The van der Waals surface area contributed by atoms with E-state index in [1.165, 1.54) is 38.4 Å². The minimum Gasteiger partial charge on any atom is -0.357 e. The maximum absolute atomic E-state index is 4.24. The summed E-state index contributed by atoms with van der Waals surface area (Å²) in [6.45, 7) is 2.08. The number of hydrogen-bond acceptors (Lipinski definition) is 7. The van der Waals surface area contributed by atoms with E-state index in [4.69, 9.17) is 0 Å². The monoisotopic (exact) mass is 310 g/mol. The lowest BCUT2D eigenvalue weighted by Gasteiger charge is -2.21. The average Bonchev–Trinajstić information content (AvgIpc) is 3.11. The molecule has 1 unspecified atom stereocenters. The van der Waals surface area contributed by atoms with Crippen molar-refractivity contribution < 1.29 is 0 Å².